The van der Waals surface area contributed by atoms with Gasteiger partial charge in [-0.25, -0.2) is 4.98 Å². The van der Waals surface area contributed by atoms with Gasteiger partial charge in [-0.3, -0.25) is 4.79 Å². The van der Waals surface area contributed by atoms with Crippen molar-refractivity contribution in [1.82, 2.24) is 15.3 Å². The molecule has 0 spiro atoms. The highest BCUT2D eigenvalue weighted by Gasteiger charge is 2.00. The molecule has 0 aliphatic heterocycles. The Bertz CT molecular complexity index is 330. The number of aromatic amines is 1. The van der Waals surface area contributed by atoms with Gasteiger partial charge in [0.1, 0.15) is 0 Å². The summed E-state index contributed by atoms with van der Waals surface area (Å²) in [6.45, 7) is 0.591. The molecule has 1 aromatic rings. The Balaban J connectivity index is 2.05. The summed E-state index contributed by atoms with van der Waals surface area (Å²) >= 11 is 1.32. The topological polar surface area (TPSA) is 81.6 Å². The van der Waals surface area contributed by atoms with Crippen LogP contribution in [0.5, 0.6) is 0 Å². The molecule has 0 aromatic carbocycles. The van der Waals surface area contributed by atoms with Crippen LogP contribution in [0.15, 0.2) is 12.5 Å². The number of aromatic nitrogens is 2. The van der Waals surface area contributed by atoms with Gasteiger partial charge in [0.15, 0.2) is 0 Å². The third-order valence-electron chi connectivity index (χ3n) is 1.67. The Morgan fingerprint density at radius 2 is 2.60 bits per heavy atom. The minimum absolute atomic E-state index is 0.0326. The first kappa shape index (κ1) is 11.6. The van der Waals surface area contributed by atoms with Crippen LogP contribution in [0, 0.1) is 11.3 Å². The van der Waals surface area contributed by atoms with E-state index in [9.17, 15) is 4.79 Å². The van der Waals surface area contributed by atoms with Crippen molar-refractivity contribution in [3.8, 4) is 6.07 Å². The summed E-state index contributed by atoms with van der Waals surface area (Å²) in [4.78, 5) is 18.0. The average Bonchev–Trinajstić information content (AvgIpc) is 2.71. The van der Waals surface area contributed by atoms with Crippen molar-refractivity contribution in [3.05, 3.63) is 18.2 Å². The maximum atomic E-state index is 11.2. The van der Waals surface area contributed by atoms with Crippen molar-refractivity contribution in [3.63, 3.8) is 0 Å². The SMILES string of the molecule is N#CCSCC(=O)NCCc1cnc[nH]1. The molecule has 15 heavy (non-hydrogen) atoms. The van der Waals surface area contributed by atoms with E-state index in [-0.39, 0.29) is 5.91 Å². The van der Waals surface area contributed by atoms with Crippen molar-refractivity contribution in [2.24, 2.45) is 0 Å². The smallest absolute Gasteiger partial charge is 0.230 e. The quantitative estimate of drug-likeness (QED) is 0.682. The molecule has 0 atom stereocenters. The fourth-order valence-electron chi connectivity index (χ4n) is 0.998. The summed E-state index contributed by atoms with van der Waals surface area (Å²) in [5, 5.41) is 11.0. The number of amides is 1. The molecule has 2 N–H and O–H groups in total. The molecular weight excluding hydrogens is 212 g/mol. The number of rotatable bonds is 6. The Labute approximate surface area is 92.3 Å². The molecule has 0 unspecified atom stereocenters. The molecule has 0 aliphatic rings. The third-order valence-corrected chi connectivity index (χ3v) is 2.47. The maximum absolute atomic E-state index is 11.2. The van der Waals surface area contributed by atoms with Crippen LogP contribution in [-0.4, -0.2) is 33.9 Å². The van der Waals surface area contributed by atoms with E-state index in [1.165, 1.54) is 11.8 Å². The van der Waals surface area contributed by atoms with E-state index >= 15 is 0 Å². The second kappa shape index (κ2) is 6.90. The van der Waals surface area contributed by atoms with Gasteiger partial charge < -0.3 is 10.3 Å². The highest BCUT2D eigenvalue weighted by atomic mass is 32.2. The van der Waals surface area contributed by atoms with E-state index in [1.807, 2.05) is 6.07 Å². The predicted octanol–water partition coefficient (Wildman–Crippen LogP) is 0.325. The van der Waals surface area contributed by atoms with Crippen molar-refractivity contribution in [2.45, 2.75) is 6.42 Å². The van der Waals surface area contributed by atoms with Crippen LogP contribution >= 0.6 is 11.8 Å². The standard InChI is InChI=1S/C9H12N4OS/c10-2-4-15-6-9(14)12-3-1-8-5-11-7-13-8/h5,7H,1,3-4,6H2,(H,11,13)(H,12,14). The number of hydrogen-bond acceptors (Lipinski definition) is 4. The number of nitrogens with zero attached hydrogens (tertiary/aromatic N) is 2. The second-order valence-corrected chi connectivity index (χ2v) is 3.81. The lowest BCUT2D eigenvalue weighted by Crippen LogP contribution is -2.27. The second-order valence-electron chi connectivity index (χ2n) is 2.83. The Kier molecular flexibility index (Phi) is 5.33. The minimum Gasteiger partial charge on any atom is -0.355 e. The van der Waals surface area contributed by atoms with Crippen molar-refractivity contribution in [1.29, 1.82) is 5.26 Å². The fraction of sp³-hybridized carbons (Fsp3) is 0.444. The number of carbonyl (C=O) groups excluding carboxylic acids is 1. The molecule has 1 heterocycles. The van der Waals surface area contributed by atoms with Crippen molar-refractivity contribution < 1.29 is 4.79 Å². The first-order valence-corrected chi connectivity index (χ1v) is 5.67. The average molecular weight is 224 g/mol. The number of carbonyl (C=O) groups is 1. The van der Waals surface area contributed by atoms with Crippen LogP contribution in [0.4, 0.5) is 0 Å². The first-order chi connectivity index (χ1) is 7.33. The molecule has 0 saturated carbocycles. The number of nitriles is 1. The van der Waals surface area contributed by atoms with Crippen molar-refractivity contribution >= 4 is 17.7 Å². The number of H-pyrrole nitrogens is 1. The molecule has 0 fully saturated rings. The summed E-state index contributed by atoms with van der Waals surface area (Å²) in [6, 6.07) is 1.97. The van der Waals surface area contributed by atoms with E-state index in [0.717, 1.165) is 12.1 Å². The monoisotopic (exact) mass is 224 g/mol. The number of nitrogens with one attached hydrogen (secondary N) is 2. The Morgan fingerprint density at radius 1 is 1.73 bits per heavy atom. The van der Waals surface area contributed by atoms with Crippen LogP contribution in [0.25, 0.3) is 0 Å². The minimum atomic E-state index is -0.0326. The molecule has 1 amide bonds. The van der Waals surface area contributed by atoms with E-state index in [2.05, 4.69) is 15.3 Å². The molecule has 80 valence electrons. The van der Waals surface area contributed by atoms with Gasteiger partial charge in [-0.2, -0.15) is 5.26 Å². The first-order valence-electron chi connectivity index (χ1n) is 4.51. The van der Waals surface area contributed by atoms with Crippen LogP contribution in [-0.2, 0) is 11.2 Å². The molecular formula is C9H12N4OS. The highest BCUT2D eigenvalue weighted by molar-refractivity contribution is 8.00. The predicted molar refractivity (Wildman–Crippen MR) is 58.2 cm³/mol. The lowest BCUT2D eigenvalue weighted by Gasteiger charge is -2.02. The van der Waals surface area contributed by atoms with Gasteiger partial charge in [0.2, 0.25) is 5.91 Å². The van der Waals surface area contributed by atoms with E-state index in [4.69, 9.17) is 5.26 Å². The van der Waals surface area contributed by atoms with Gasteiger partial charge >= 0.3 is 0 Å². The van der Waals surface area contributed by atoms with E-state index in [0.29, 0.717) is 18.1 Å². The highest BCUT2D eigenvalue weighted by Crippen LogP contribution is 1.97. The zero-order chi connectivity index (χ0) is 10.9. The molecule has 6 heteroatoms. The zero-order valence-electron chi connectivity index (χ0n) is 8.19. The summed E-state index contributed by atoms with van der Waals surface area (Å²) in [5.74, 6) is 0.666. The van der Waals surface area contributed by atoms with Crippen LogP contribution in [0.2, 0.25) is 0 Å². The van der Waals surface area contributed by atoms with Gasteiger partial charge in [-0.05, 0) is 0 Å². The van der Waals surface area contributed by atoms with E-state index < -0.39 is 0 Å². The summed E-state index contributed by atoms with van der Waals surface area (Å²) in [7, 11) is 0. The largest absolute Gasteiger partial charge is 0.355 e. The molecule has 5 nitrogen and oxygen atoms in total. The number of thioether (sulfide) groups is 1. The van der Waals surface area contributed by atoms with Gasteiger partial charge in [0, 0.05) is 24.9 Å². The molecule has 1 rings (SSSR count). The molecule has 0 radical (unpaired) electrons. The molecule has 0 bridgehead atoms. The van der Waals surface area contributed by atoms with Crippen LogP contribution in [0.3, 0.4) is 0 Å². The third kappa shape index (κ3) is 5.08. The summed E-state index contributed by atoms with van der Waals surface area (Å²) in [6.07, 6.45) is 4.09. The maximum Gasteiger partial charge on any atom is 0.230 e. The Hall–Kier alpha value is -1.48. The van der Waals surface area contributed by atoms with Gasteiger partial charge in [-0.1, -0.05) is 0 Å². The van der Waals surface area contributed by atoms with E-state index in [1.54, 1.807) is 12.5 Å². The lowest BCUT2D eigenvalue weighted by atomic mass is 10.3. The van der Waals surface area contributed by atoms with Gasteiger partial charge in [0.05, 0.1) is 23.9 Å². The number of hydrogen-bond donors (Lipinski definition) is 2. The fourth-order valence-corrected chi connectivity index (χ4v) is 1.48. The van der Waals surface area contributed by atoms with Gasteiger partial charge in [-0.15, -0.1) is 11.8 Å². The Morgan fingerprint density at radius 3 is 3.27 bits per heavy atom. The molecule has 1 aromatic heterocycles. The van der Waals surface area contributed by atoms with Gasteiger partial charge in [0.25, 0.3) is 0 Å². The van der Waals surface area contributed by atoms with Crippen LogP contribution < -0.4 is 5.32 Å². The summed E-state index contributed by atoms with van der Waals surface area (Å²) < 4.78 is 0. The lowest BCUT2D eigenvalue weighted by molar-refractivity contribution is -0.118. The molecule has 0 aliphatic carbocycles. The molecule has 0 saturated heterocycles. The number of imidazole rings is 1. The van der Waals surface area contributed by atoms with Crippen LogP contribution in [0.1, 0.15) is 5.69 Å². The van der Waals surface area contributed by atoms with Crippen molar-refractivity contribution in [2.75, 3.05) is 18.1 Å². The zero-order valence-corrected chi connectivity index (χ0v) is 9.01. The summed E-state index contributed by atoms with van der Waals surface area (Å²) in [5.41, 5.74) is 1.000. The normalized spacial score (nSPS) is 9.53.